The molecular weight excluding hydrogens is 250 g/mol. The summed E-state index contributed by atoms with van der Waals surface area (Å²) in [6, 6.07) is 10.3. The Labute approximate surface area is 118 Å². The highest BCUT2D eigenvalue weighted by Gasteiger charge is 2.11. The molecule has 3 aromatic rings. The van der Waals surface area contributed by atoms with E-state index < -0.39 is 0 Å². The molecule has 5 nitrogen and oxygen atoms in total. The van der Waals surface area contributed by atoms with Gasteiger partial charge in [0.2, 0.25) is 0 Å². The SMILES string of the molecule is CCn1nc(C)cc1Cn1nc(CN)c2ccccc21. The minimum atomic E-state index is 0.458. The standard InChI is InChI=1S/C15H19N5/c1-3-19-12(8-11(2)17-19)10-20-15-7-5-4-6-13(15)14(9-16)18-20/h4-8H,3,9-10,16H2,1-2H3. The highest BCUT2D eigenvalue weighted by Crippen LogP contribution is 2.19. The largest absolute Gasteiger partial charge is 0.325 e. The molecule has 0 fully saturated rings. The van der Waals surface area contributed by atoms with Crippen molar-refractivity contribution < 1.29 is 0 Å². The first-order valence-corrected chi connectivity index (χ1v) is 6.90. The van der Waals surface area contributed by atoms with Gasteiger partial charge < -0.3 is 5.73 Å². The maximum Gasteiger partial charge on any atom is 0.0839 e. The van der Waals surface area contributed by atoms with Gasteiger partial charge >= 0.3 is 0 Å². The van der Waals surface area contributed by atoms with E-state index in [9.17, 15) is 0 Å². The van der Waals surface area contributed by atoms with Crippen molar-refractivity contribution in [2.75, 3.05) is 0 Å². The first kappa shape index (κ1) is 12.9. The monoisotopic (exact) mass is 269 g/mol. The quantitative estimate of drug-likeness (QED) is 0.788. The molecule has 0 saturated carbocycles. The van der Waals surface area contributed by atoms with Crippen molar-refractivity contribution in [2.45, 2.75) is 33.5 Å². The summed E-state index contributed by atoms with van der Waals surface area (Å²) in [6.07, 6.45) is 0. The van der Waals surface area contributed by atoms with Gasteiger partial charge in [-0.05, 0) is 26.0 Å². The third-order valence-electron chi connectivity index (χ3n) is 3.52. The maximum absolute atomic E-state index is 5.79. The average Bonchev–Trinajstić information content (AvgIpc) is 3.00. The fourth-order valence-corrected chi connectivity index (χ4v) is 2.62. The van der Waals surface area contributed by atoms with E-state index in [0.717, 1.165) is 35.4 Å². The van der Waals surface area contributed by atoms with E-state index in [2.05, 4.69) is 35.3 Å². The molecule has 0 spiro atoms. The summed E-state index contributed by atoms with van der Waals surface area (Å²) in [4.78, 5) is 0. The molecule has 2 aromatic heterocycles. The number of hydrogen-bond acceptors (Lipinski definition) is 3. The molecule has 1 aromatic carbocycles. The normalized spacial score (nSPS) is 11.3. The molecule has 0 amide bonds. The molecule has 0 saturated heterocycles. The summed E-state index contributed by atoms with van der Waals surface area (Å²) in [6.45, 7) is 6.16. The Bertz CT molecular complexity index is 738. The summed E-state index contributed by atoms with van der Waals surface area (Å²) in [5.74, 6) is 0. The Morgan fingerprint density at radius 1 is 1.15 bits per heavy atom. The van der Waals surface area contributed by atoms with E-state index in [1.54, 1.807) is 0 Å². The van der Waals surface area contributed by atoms with Gasteiger partial charge in [0.1, 0.15) is 0 Å². The van der Waals surface area contributed by atoms with Crippen molar-refractivity contribution >= 4 is 10.9 Å². The number of hydrogen-bond donors (Lipinski definition) is 1. The molecule has 5 heteroatoms. The summed E-state index contributed by atoms with van der Waals surface area (Å²) in [5.41, 5.74) is 10.1. The lowest BCUT2D eigenvalue weighted by atomic mass is 10.2. The van der Waals surface area contributed by atoms with Gasteiger partial charge in [-0.2, -0.15) is 10.2 Å². The number of benzene rings is 1. The molecule has 2 heterocycles. The van der Waals surface area contributed by atoms with Crippen molar-refractivity contribution in [3.8, 4) is 0 Å². The highest BCUT2D eigenvalue weighted by atomic mass is 15.3. The Morgan fingerprint density at radius 2 is 1.95 bits per heavy atom. The van der Waals surface area contributed by atoms with Gasteiger partial charge in [-0.15, -0.1) is 0 Å². The first-order chi connectivity index (χ1) is 9.72. The Kier molecular flexibility index (Phi) is 3.28. The van der Waals surface area contributed by atoms with Crippen molar-refractivity contribution in [1.82, 2.24) is 19.6 Å². The highest BCUT2D eigenvalue weighted by molar-refractivity contribution is 5.81. The van der Waals surface area contributed by atoms with E-state index in [4.69, 9.17) is 5.73 Å². The van der Waals surface area contributed by atoms with E-state index in [1.165, 1.54) is 5.69 Å². The van der Waals surface area contributed by atoms with Crippen LogP contribution in [-0.2, 0) is 19.6 Å². The van der Waals surface area contributed by atoms with E-state index in [-0.39, 0.29) is 0 Å². The Morgan fingerprint density at radius 3 is 2.70 bits per heavy atom. The number of para-hydroxylation sites is 1. The molecule has 20 heavy (non-hydrogen) atoms. The molecule has 104 valence electrons. The predicted molar refractivity (Wildman–Crippen MR) is 79.4 cm³/mol. The lowest BCUT2D eigenvalue weighted by Crippen LogP contribution is -2.09. The van der Waals surface area contributed by atoms with Crippen LogP contribution in [-0.4, -0.2) is 19.6 Å². The third-order valence-corrected chi connectivity index (χ3v) is 3.52. The predicted octanol–water partition coefficient (Wildman–Crippen LogP) is 2.07. The second-order valence-electron chi connectivity index (χ2n) is 4.92. The molecule has 0 bridgehead atoms. The molecule has 2 N–H and O–H groups in total. The molecule has 3 rings (SSSR count). The van der Waals surface area contributed by atoms with Crippen LogP contribution in [0.15, 0.2) is 30.3 Å². The molecule has 0 unspecified atom stereocenters. The lowest BCUT2D eigenvalue weighted by Gasteiger charge is -2.06. The zero-order chi connectivity index (χ0) is 14.1. The van der Waals surface area contributed by atoms with Crippen molar-refractivity contribution in [2.24, 2.45) is 5.73 Å². The van der Waals surface area contributed by atoms with Crippen molar-refractivity contribution in [1.29, 1.82) is 0 Å². The number of nitrogens with zero attached hydrogens (tertiary/aromatic N) is 4. The molecule has 0 aliphatic heterocycles. The van der Waals surface area contributed by atoms with Crippen LogP contribution in [0.2, 0.25) is 0 Å². The van der Waals surface area contributed by atoms with Crippen LogP contribution in [0.3, 0.4) is 0 Å². The van der Waals surface area contributed by atoms with Crippen LogP contribution in [0.4, 0.5) is 0 Å². The van der Waals surface area contributed by atoms with Crippen molar-refractivity contribution in [3.63, 3.8) is 0 Å². The van der Waals surface area contributed by atoms with Crippen LogP contribution in [0.1, 0.15) is 24.0 Å². The van der Waals surface area contributed by atoms with Crippen LogP contribution in [0.25, 0.3) is 10.9 Å². The Hall–Kier alpha value is -2.14. The van der Waals surface area contributed by atoms with Gasteiger partial charge in [-0.1, -0.05) is 18.2 Å². The number of aromatic nitrogens is 4. The zero-order valence-corrected chi connectivity index (χ0v) is 11.9. The first-order valence-electron chi connectivity index (χ1n) is 6.90. The number of rotatable bonds is 4. The third kappa shape index (κ3) is 2.10. The van der Waals surface area contributed by atoms with Gasteiger partial charge in [0, 0.05) is 18.5 Å². The summed E-state index contributed by atoms with van der Waals surface area (Å²) in [5, 5.41) is 10.3. The van der Waals surface area contributed by atoms with Gasteiger partial charge in [-0.25, -0.2) is 0 Å². The van der Waals surface area contributed by atoms with Gasteiger partial charge in [0.05, 0.1) is 29.1 Å². The fourth-order valence-electron chi connectivity index (χ4n) is 2.62. The number of fused-ring (bicyclic) bond motifs is 1. The molecular formula is C15H19N5. The van der Waals surface area contributed by atoms with Crippen LogP contribution < -0.4 is 5.73 Å². The minimum Gasteiger partial charge on any atom is -0.325 e. The summed E-state index contributed by atoms with van der Waals surface area (Å²) in [7, 11) is 0. The van der Waals surface area contributed by atoms with Gasteiger partial charge in [0.25, 0.3) is 0 Å². The van der Waals surface area contributed by atoms with E-state index in [1.807, 2.05) is 28.4 Å². The minimum absolute atomic E-state index is 0.458. The summed E-state index contributed by atoms with van der Waals surface area (Å²) < 4.78 is 4.04. The number of nitrogens with two attached hydrogens (primary N) is 1. The topological polar surface area (TPSA) is 61.7 Å². The Balaban J connectivity index is 2.06. The molecule has 0 aliphatic carbocycles. The smallest absolute Gasteiger partial charge is 0.0839 e. The maximum atomic E-state index is 5.79. The van der Waals surface area contributed by atoms with Crippen molar-refractivity contribution in [3.05, 3.63) is 47.4 Å². The number of aryl methyl sites for hydroxylation is 2. The van der Waals surface area contributed by atoms with Crippen LogP contribution >= 0.6 is 0 Å². The molecule has 0 radical (unpaired) electrons. The van der Waals surface area contributed by atoms with E-state index >= 15 is 0 Å². The van der Waals surface area contributed by atoms with Crippen LogP contribution in [0, 0.1) is 6.92 Å². The second kappa shape index (κ2) is 5.09. The molecule has 0 atom stereocenters. The van der Waals surface area contributed by atoms with Crippen LogP contribution in [0.5, 0.6) is 0 Å². The molecule has 0 aliphatic rings. The fraction of sp³-hybridized carbons (Fsp3) is 0.333. The second-order valence-corrected chi connectivity index (χ2v) is 4.92. The zero-order valence-electron chi connectivity index (χ0n) is 11.9. The van der Waals surface area contributed by atoms with Gasteiger partial charge in [-0.3, -0.25) is 9.36 Å². The van der Waals surface area contributed by atoms with Gasteiger partial charge in [0.15, 0.2) is 0 Å². The summed E-state index contributed by atoms with van der Waals surface area (Å²) >= 11 is 0. The van der Waals surface area contributed by atoms with E-state index in [0.29, 0.717) is 6.54 Å². The lowest BCUT2D eigenvalue weighted by molar-refractivity contribution is 0.579. The average molecular weight is 269 g/mol.